The molecule has 4 aromatic carbocycles. The van der Waals surface area contributed by atoms with Gasteiger partial charge in [0.25, 0.3) is 0 Å². The highest BCUT2D eigenvalue weighted by Crippen LogP contribution is 2.43. The lowest BCUT2D eigenvalue weighted by atomic mass is 9.82. The third-order valence-electron chi connectivity index (χ3n) is 12.8. The molecule has 12 nitrogen and oxygen atoms in total. The van der Waals surface area contributed by atoms with Gasteiger partial charge in [-0.05, 0) is 147 Å². The molecule has 7 rings (SSSR count). The molecule has 0 atom stereocenters. The summed E-state index contributed by atoms with van der Waals surface area (Å²) in [6, 6.07) is 29.8. The summed E-state index contributed by atoms with van der Waals surface area (Å²) in [4.78, 5) is 38.1. The van der Waals surface area contributed by atoms with Gasteiger partial charge < -0.3 is 33.2 Å². The lowest BCUT2D eigenvalue weighted by molar-refractivity contribution is -0.145. The second-order valence-corrected chi connectivity index (χ2v) is 17.2. The number of carbonyl (C=O) groups is 3. The SMILES string of the molecule is C=CC(=O)OCCCCCCOc1ccc(OC(=O)C2CCC(C(=O)Oc3ccc(C4CCC(OCCOCCOC)CC4)cc3/C=N/NC3c4ccccc4-c4ccccc43)CC2)cc1. The van der Waals surface area contributed by atoms with E-state index in [0.717, 1.165) is 56.9 Å². The van der Waals surface area contributed by atoms with Crippen LogP contribution < -0.4 is 19.6 Å². The Morgan fingerprint density at radius 2 is 1.29 bits per heavy atom. The zero-order chi connectivity index (χ0) is 45.9. The molecule has 2 saturated carbocycles. The molecule has 0 radical (unpaired) electrons. The number of hydrazone groups is 1. The molecule has 0 amide bonds. The van der Waals surface area contributed by atoms with Gasteiger partial charge in [-0.1, -0.05) is 61.2 Å². The summed E-state index contributed by atoms with van der Waals surface area (Å²) in [7, 11) is 1.66. The average molecular weight is 901 g/mol. The van der Waals surface area contributed by atoms with Crippen molar-refractivity contribution >= 4 is 24.1 Å². The molecule has 3 aliphatic carbocycles. The predicted molar refractivity (Wildman–Crippen MR) is 253 cm³/mol. The molecule has 1 N–H and O–H groups in total. The Labute approximate surface area is 389 Å². The topological polar surface area (TPSA) is 140 Å². The molecule has 3 aliphatic rings. The van der Waals surface area contributed by atoms with Gasteiger partial charge in [0.1, 0.15) is 17.2 Å². The summed E-state index contributed by atoms with van der Waals surface area (Å²) in [6.45, 7) is 6.62. The summed E-state index contributed by atoms with van der Waals surface area (Å²) in [6.07, 6.45) is 12.8. The average Bonchev–Trinajstić information content (AvgIpc) is 3.67. The number of unbranched alkanes of at least 4 members (excludes halogenated alkanes) is 3. The van der Waals surface area contributed by atoms with Gasteiger partial charge in [-0.15, -0.1) is 0 Å². The number of fused-ring (bicyclic) bond motifs is 3. The van der Waals surface area contributed by atoms with Crippen molar-refractivity contribution in [1.82, 2.24) is 5.43 Å². The smallest absolute Gasteiger partial charge is 0.330 e. The highest BCUT2D eigenvalue weighted by atomic mass is 16.6. The van der Waals surface area contributed by atoms with Crippen molar-refractivity contribution in [3.05, 3.63) is 126 Å². The van der Waals surface area contributed by atoms with Crippen molar-refractivity contribution in [3.8, 4) is 28.4 Å². The Bertz CT molecular complexity index is 2180. The predicted octanol–water partition coefficient (Wildman–Crippen LogP) is 10.1. The number of benzene rings is 4. The van der Waals surface area contributed by atoms with Gasteiger partial charge in [0.05, 0.1) is 69.8 Å². The maximum Gasteiger partial charge on any atom is 0.330 e. The van der Waals surface area contributed by atoms with Gasteiger partial charge in [-0.2, -0.15) is 5.10 Å². The molecule has 0 aromatic heterocycles. The number of hydrogen-bond acceptors (Lipinski definition) is 12. The lowest BCUT2D eigenvalue weighted by Gasteiger charge is -2.29. The zero-order valence-electron chi connectivity index (χ0n) is 38.2. The van der Waals surface area contributed by atoms with E-state index in [1.54, 1.807) is 37.6 Å². The molecule has 0 heterocycles. The molecule has 0 unspecified atom stereocenters. The first-order valence-corrected chi connectivity index (χ1v) is 23.6. The fourth-order valence-electron chi connectivity index (χ4n) is 9.11. The minimum atomic E-state index is -0.396. The van der Waals surface area contributed by atoms with E-state index in [2.05, 4.69) is 72.7 Å². The molecule has 12 heteroatoms. The highest BCUT2D eigenvalue weighted by molar-refractivity contribution is 5.87. The second-order valence-electron chi connectivity index (χ2n) is 17.2. The monoisotopic (exact) mass is 900 g/mol. The van der Waals surface area contributed by atoms with Gasteiger partial charge in [-0.3, -0.25) is 15.0 Å². The summed E-state index contributed by atoms with van der Waals surface area (Å²) in [5.41, 5.74) is 10.1. The van der Waals surface area contributed by atoms with Crippen LogP contribution in [0.15, 0.2) is 109 Å². The Balaban J connectivity index is 0.913. The lowest BCUT2D eigenvalue weighted by Crippen LogP contribution is -2.30. The van der Waals surface area contributed by atoms with E-state index in [1.807, 2.05) is 6.07 Å². The Hall–Kier alpha value is -5.82. The first-order valence-electron chi connectivity index (χ1n) is 23.6. The van der Waals surface area contributed by atoms with Crippen molar-refractivity contribution in [2.75, 3.05) is 46.8 Å². The van der Waals surface area contributed by atoms with Crippen LogP contribution in [0.25, 0.3) is 11.1 Å². The summed E-state index contributed by atoms with van der Waals surface area (Å²) in [5, 5.41) is 4.79. The van der Waals surface area contributed by atoms with Gasteiger partial charge in [0, 0.05) is 18.7 Å². The van der Waals surface area contributed by atoms with E-state index in [-0.39, 0.29) is 35.9 Å². The molecule has 66 heavy (non-hydrogen) atoms. The maximum atomic E-state index is 13.8. The summed E-state index contributed by atoms with van der Waals surface area (Å²) >= 11 is 0. The molecule has 0 bridgehead atoms. The van der Waals surface area contributed by atoms with E-state index < -0.39 is 5.97 Å². The van der Waals surface area contributed by atoms with Crippen molar-refractivity contribution in [2.45, 2.75) is 95.1 Å². The zero-order valence-corrected chi connectivity index (χ0v) is 38.2. The van der Waals surface area contributed by atoms with Crippen LogP contribution in [0.3, 0.4) is 0 Å². The number of carbonyl (C=O) groups excluding carboxylic acids is 3. The molecule has 4 aromatic rings. The maximum absolute atomic E-state index is 13.8. The van der Waals surface area contributed by atoms with Crippen LogP contribution in [-0.4, -0.2) is 77.0 Å². The standard InChI is InChI=1S/C54H64N2O10/c1-3-51(57)64-31-11-5-4-10-30-62-44-25-27-45(28-26-44)65-53(58)39-16-18-40(19-17-39)54(59)66-50-29-22-41(38-20-23-43(24-21-38)63-35-34-61-33-32-60-2)36-42(50)37-55-56-52-48-14-8-6-12-46(48)47-13-7-9-15-49(47)52/h3,6-9,12-15,22,25-29,36-40,43,52,56H,1,4-5,10-11,16-21,23-24,30-35H2,2H3/b55-37+. The molecular formula is C54H64N2O10. The van der Waals surface area contributed by atoms with Crippen molar-refractivity contribution < 1.29 is 47.5 Å². The van der Waals surface area contributed by atoms with Crippen LogP contribution in [0.2, 0.25) is 0 Å². The number of ether oxygens (including phenoxy) is 7. The Morgan fingerprint density at radius 3 is 1.95 bits per heavy atom. The molecule has 0 spiro atoms. The van der Waals surface area contributed by atoms with Crippen LogP contribution >= 0.6 is 0 Å². The van der Waals surface area contributed by atoms with Crippen LogP contribution in [-0.2, 0) is 33.3 Å². The molecule has 0 saturated heterocycles. The van der Waals surface area contributed by atoms with E-state index >= 15 is 0 Å². The Kier molecular flexibility index (Phi) is 18.4. The van der Waals surface area contributed by atoms with E-state index in [1.165, 1.54) is 33.9 Å². The number of hydrogen-bond donors (Lipinski definition) is 1. The first-order chi connectivity index (χ1) is 32.4. The minimum absolute atomic E-state index is 0.111. The van der Waals surface area contributed by atoms with Crippen LogP contribution in [0.4, 0.5) is 0 Å². The summed E-state index contributed by atoms with van der Waals surface area (Å²) in [5.74, 6) is 0.324. The normalized spacial score (nSPS) is 19.1. The van der Waals surface area contributed by atoms with Gasteiger partial charge in [0.15, 0.2) is 0 Å². The fourth-order valence-corrected chi connectivity index (χ4v) is 9.11. The third kappa shape index (κ3) is 13.6. The molecule has 0 aliphatic heterocycles. The highest BCUT2D eigenvalue weighted by Gasteiger charge is 2.33. The number of nitrogens with zero attached hydrogens (tertiary/aromatic N) is 1. The number of methoxy groups -OCH3 is 1. The quantitative estimate of drug-likeness (QED) is 0.0179. The van der Waals surface area contributed by atoms with Crippen LogP contribution in [0.5, 0.6) is 17.2 Å². The molecular weight excluding hydrogens is 837 g/mol. The molecule has 2 fully saturated rings. The van der Waals surface area contributed by atoms with Crippen LogP contribution in [0.1, 0.15) is 111 Å². The van der Waals surface area contributed by atoms with Crippen LogP contribution in [0, 0.1) is 11.8 Å². The van der Waals surface area contributed by atoms with Crippen molar-refractivity contribution in [2.24, 2.45) is 16.9 Å². The van der Waals surface area contributed by atoms with Crippen molar-refractivity contribution in [3.63, 3.8) is 0 Å². The fraction of sp³-hybridized carbons (Fsp3) is 0.444. The number of esters is 3. The van der Waals surface area contributed by atoms with Gasteiger partial charge >= 0.3 is 17.9 Å². The van der Waals surface area contributed by atoms with Gasteiger partial charge in [-0.25, -0.2) is 4.79 Å². The van der Waals surface area contributed by atoms with Gasteiger partial charge in [0.2, 0.25) is 0 Å². The minimum Gasteiger partial charge on any atom is -0.494 e. The molecule has 350 valence electrons. The summed E-state index contributed by atoms with van der Waals surface area (Å²) < 4.78 is 39.5. The van der Waals surface area contributed by atoms with E-state index in [4.69, 9.17) is 38.3 Å². The van der Waals surface area contributed by atoms with E-state index in [0.29, 0.717) is 88.5 Å². The Morgan fingerprint density at radius 1 is 0.667 bits per heavy atom. The third-order valence-corrected chi connectivity index (χ3v) is 12.8. The largest absolute Gasteiger partial charge is 0.494 e. The number of rotatable bonds is 24. The first kappa shape index (κ1) is 48.1. The van der Waals surface area contributed by atoms with E-state index in [9.17, 15) is 14.4 Å². The van der Waals surface area contributed by atoms with Crippen molar-refractivity contribution in [1.29, 1.82) is 0 Å². The second kappa shape index (κ2) is 25.2. The number of nitrogens with one attached hydrogen (secondary N) is 1.